The van der Waals surface area contributed by atoms with E-state index < -0.39 is 0 Å². The lowest BCUT2D eigenvalue weighted by Gasteiger charge is -2.11. The van der Waals surface area contributed by atoms with Crippen molar-refractivity contribution in [3.8, 4) is 0 Å². The first-order valence-electron chi connectivity index (χ1n) is 3.61. The van der Waals surface area contributed by atoms with Crippen molar-refractivity contribution >= 4 is 6.72 Å². The normalized spacial score (nSPS) is 9.00. The average molecular weight is 161 g/mol. The molecule has 0 saturated heterocycles. The Balaban J connectivity index is 2.62. The molecular weight excluding hydrogens is 150 g/mol. The van der Waals surface area contributed by atoms with Gasteiger partial charge < -0.3 is 0 Å². The van der Waals surface area contributed by atoms with Gasteiger partial charge >= 0.3 is 0 Å². The first-order chi connectivity index (χ1) is 5.86. The van der Waals surface area contributed by atoms with Gasteiger partial charge in [-0.3, -0.25) is 9.99 Å². The van der Waals surface area contributed by atoms with Crippen LogP contribution in [0.4, 0.5) is 0 Å². The molecule has 0 unspecified atom stereocenters. The summed E-state index contributed by atoms with van der Waals surface area (Å²) in [6.45, 7) is 7.68. The summed E-state index contributed by atoms with van der Waals surface area (Å²) in [5.74, 6) is 0. The smallest absolute Gasteiger partial charge is 0.0673 e. The van der Waals surface area contributed by atoms with Crippen molar-refractivity contribution in [3.63, 3.8) is 0 Å². The van der Waals surface area contributed by atoms with E-state index in [0.29, 0.717) is 6.54 Å². The molecule has 3 nitrogen and oxygen atoms in total. The lowest BCUT2D eigenvalue weighted by molar-refractivity contribution is 0.396. The fourth-order valence-electron chi connectivity index (χ4n) is 0.851. The lowest BCUT2D eigenvalue weighted by Crippen LogP contribution is -2.07. The first-order valence-corrected chi connectivity index (χ1v) is 3.61. The number of nitrogens with zero attached hydrogens (tertiary/aromatic N) is 3. The largest absolute Gasteiger partial charge is 0.270 e. The van der Waals surface area contributed by atoms with Crippen LogP contribution in [0, 0.1) is 0 Å². The van der Waals surface area contributed by atoms with Crippen LogP contribution in [-0.4, -0.2) is 16.7 Å². The molecule has 1 rings (SSSR count). The molecule has 0 atom stereocenters. The van der Waals surface area contributed by atoms with Crippen LogP contribution in [-0.2, 0) is 6.54 Å². The second-order valence-corrected chi connectivity index (χ2v) is 2.28. The zero-order valence-corrected chi connectivity index (χ0v) is 6.85. The molecule has 62 valence electrons. The van der Waals surface area contributed by atoms with Gasteiger partial charge in [0, 0.05) is 25.3 Å². The quantitative estimate of drug-likeness (QED) is 0.496. The topological polar surface area (TPSA) is 28.5 Å². The second kappa shape index (κ2) is 4.28. The van der Waals surface area contributed by atoms with Crippen molar-refractivity contribution in [2.75, 3.05) is 0 Å². The lowest BCUT2D eigenvalue weighted by atomic mass is 10.3. The molecular formula is C9H11N3. The highest BCUT2D eigenvalue weighted by atomic mass is 15.4. The molecule has 12 heavy (non-hydrogen) atoms. The summed E-state index contributed by atoms with van der Waals surface area (Å²) < 4.78 is 0. The highest BCUT2D eigenvalue weighted by Gasteiger charge is 1.95. The van der Waals surface area contributed by atoms with E-state index in [1.54, 1.807) is 23.6 Å². The van der Waals surface area contributed by atoms with Crippen LogP contribution in [0.3, 0.4) is 0 Å². The standard InChI is InChI=1S/C9H11N3/c1-3-12(10-2)8-9-5-4-6-11-7-9/h3-7H,1-2,8H2. The minimum absolute atomic E-state index is 0.668. The van der Waals surface area contributed by atoms with Gasteiger partial charge in [-0.1, -0.05) is 12.6 Å². The molecule has 1 heterocycles. The van der Waals surface area contributed by atoms with Crippen molar-refractivity contribution in [3.05, 3.63) is 42.9 Å². The van der Waals surface area contributed by atoms with Crippen LogP contribution in [0.5, 0.6) is 0 Å². The summed E-state index contributed by atoms with van der Waals surface area (Å²) in [4.78, 5) is 3.98. The van der Waals surface area contributed by atoms with Gasteiger partial charge in [0.05, 0.1) is 6.54 Å². The summed E-state index contributed by atoms with van der Waals surface area (Å²) in [6.07, 6.45) is 5.16. The Bertz CT molecular complexity index is 248. The van der Waals surface area contributed by atoms with Gasteiger partial charge in [-0.2, -0.15) is 5.10 Å². The van der Waals surface area contributed by atoms with E-state index in [2.05, 4.69) is 23.4 Å². The van der Waals surface area contributed by atoms with Crippen LogP contribution in [0.15, 0.2) is 42.4 Å². The Morgan fingerprint density at radius 3 is 3.00 bits per heavy atom. The molecule has 0 aliphatic heterocycles. The number of hydrogen-bond donors (Lipinski definition) is 0. The van der Waals surface area contributed by atoms with Crippen LogP contribution in [0.1, 0.15) is 5.56 Å². The van der Waals surface area contributed by atoms with Crippen LogP contribution >= 0.6 is 0 Å². The maximum Gasteiger partial charge on any atom is 0.0673 e. The Morgan fingerprint density at radius 1 is 1.67 bits per heavy atom. The van der Waals surface area contributed by atoms with Crippen molar-refractivity contribution < 1.29 is 0 Å². The van der Waals surface area contributed by atoms with Gasteiger partial charge in [0.2, 0.25) is 0 Å². The van der Waals surface area contributed by atoms with Crippen molar-refractivity contribution in [2.45, 2.75) is 6.54 Å². The van der Waals surface area contributed by atoms with Gasteiger partial charge in [0.1, 0.15) is 0 Å². The highest BCUT2D eigenvalue weighted by molar-refractivity contribution is 5.23. The Labute approximate surface area is 72.0 Å². The van der Waals surface area contributed by atoms with E-state index in [4.69, 9.17) is 0 Å². The summed E-state index contributed by atoms with van der Waals surface area (Å²) in [5, 5.41) is 5.39. The zero-order chi connectivity index (χ0) is 8.81. The molecule has 0 N–H and O–H groups in total. The van der Waals surface area contributed by atoms with E-state index in [1.807, 2.05) is 12.1 Å². The van der Waals surface area contributed by atoms with Crippen molar-refractivity contribution in [2.24, 2.45) is 5.10 Å². The summed E-state index contributed by atoms with van der Waals surface area (Å²) in [7, 11) is 0. The number of pyridine rings is 1. The fraction of sp³-hybridized carbons (Fsp3) is 0.111. The molecule has 0 saturated carbocycles. The average Bonchev–Trinajstić information content (AvgIpc) is 2.16. The van der Waals surface area contributed by atoms with Gasteiger partial charge in [-0.05, 0) is 11.6 Å². The molecule has 0 amide bonds. The van der Waals surface area contributed by atoms with E-state index in [9.17, 15) is 0 Å². The molecule has 1 aromatic heterocycles. The summed E-state index contributed by atoms with van der Waals surface area (Å²) in [5.41, 5.74) is 1.09. The Morgan fingerprint density at radius 2 is 2.50 bits per heavy atom. The Kier molecular flexibility index (Phi) is 3.02. The second-order valence-electron chi connectivity index (χ2n) is 2.28. The molecule has 3 heteroatoms. The number of hydrogen-bond acceptors (Lipinski definition) is 3. The summed E-state index contributed by atoms with van der Waals surface area (Å²) in [6, 6.07) is 3.87. The fourth-order valence-corrected chi connectivity index (χ4v) is 0.851. The molecule has 0 spiro atoms. The highest BCUT2D eigenvalue weighted by Crippen LogP contribution is 2.02. The van der Waals surface area contributed by atoms with E-state index in [0.717, 1.165) is 5.56 Å². The summed E-state index contributed by atoms with van der Waals surface area (Å²) >= 11 is 0. The van der Waals surface area contributed by atoms with Crippen molar-refractivity contribution in [1.82, 2.24) is 9.99 Å². The van der Waals surface area contributed by atoms with E-state index in [-0.39, 0.29) is 0 Å². The third-order valence-electron chi connectivity index (χ3n) is 1.46. The maximum atomic E-state index is 3.98. The van der Waals surface area contributed by atoms with Gasteiger partial charge in [-0.15, -0.1) is 0 Å². The van der Waals surface area contributed by atoms with E-state index >= 15 is 0 Å². The predicted octanol–water partition coefficient (Wildman–Crippen LogP) is 1.64. The third-order valence-corrected chi connectivity index (χ3v) is 1.46. The third kappa shape index (κ3) is 2.20. The predicted molar refractivity (Wildman–Crippen MR) is 49.5 cm³/mol. The van der Waals surface area contributed by atoms with Gasteiger partial charge in [0.15, 0.2) is 0 Å². The molecule has 1 aromatic rings. The molecule has 0 aromatic carbocycles. The van der Waals surface area contributed by atoms with Crippen molar-refractivity contribution in [1.29, 1.82) is 0 Å². The van der Waals surface area contributed by atoms with Gasteiger partial charge in [-0.25, -0.2) is 0 Å². The minimum Gasteiger partial charge on any atom is -0.270 e. The minimum atomic E-state index is 0.668. The molecule has 0 aliphatic rings. The monoisotopic (exact) mass is 161 g/mol. The SMILES string of the molecule is C=CN(Cc1cccnc1)N=C. The molecule has 0 bridgehead atoms. The first kappa shape index (κ1) is 8.46. The number of aromatic nitrogens is 1. The number of rotatable bonds is 4. The molecule has 0 fully saturated rings. The Hall–Kier alpha value is -1.64. The van der Waals surface area contributed by atoms with Crippen LogP contribution in [0.2, 0.25) is 0 Å². The molecule has 0 radical (unpaired) electrons. The maximum absolute atomic E-state index is 3.98. The van der Waals surface area contributed by atoms with E-state index in [1.165, 1.54) is 0 Å². The van der Waals surface area contributed by atoms with Crippen LogP contribution in [0.25, 0.3) is 0 Å². The van der Waals surface area contributed by atoms with Crippen LogP contribution < -0.4 is 0 Å². The zero-order valence-electron chi connectivity index (χ0n) is 6.85. The van der Waals surface area contributed by atoms with Gasteiger partial charge in [0.25, 0.3) is 0 Å². The number of hydrazone groups is 1. The molecule has 0 aliphatic carbocycles.